The van der Waals surface area contributed by atoms with Crippen LogP contribution < -0.4 is 15.9 Å². The van der Waals surface area contributed by atoms with Gasteiger partial charge in [0.15, 0.2) is 0 Å². The molecule has 0 bridgehead atoms. The molecular weight excluding hydrogens is 380 g/mol. The number of rotatable bonds is 3. The van der Waals surface area contributed by atoms with Gasteiger partial charge in [0, 0.05) is 0 Å². The Hall–Kier alpha value is 0.510. The standard InChI is InChI=1S/C11H17F3NOSSi.ClH.Zn/c1-10(2,3)18(4,5)16-6-9-15-8(7-17-9)11(12,13)14;;/h6H2,1-5H3;1H;/q;;+1/p-1. The molecule has 1 aromatic heterocycles. The monoisotopic (exact) mass is 395 g/mol. The van der Waals surface area contributed by atoms with E-state index >= 15 is 0 Å². The number of thiazole rings is 1. The SMILES string of the molecule is CC(C)(C)[Si](C)(C)OCc1nc(C(F)(F)F)[c]([Zn+])s1.[Cl-]. The van der Waals surface area contributed by atoms with Crippen LogP contribution in [0.3, 0.4) is 0 Å². The summed E-state index contributed by atoms with van der Waals surface area (Å²) in [6, 6.07) is 0. The number of halogens is 4. The molecule has 0 saturated heterocycles. The van der Waals surface area contributed by atoms with Gasteiger partial charge in [0.25, 0.3) is 0 Å². The van der Waals surface area contributed by atoms with E-state index in [4.69, 9.17) is 4.43 Å². The fourth-order valence-electron chi connectivity index (χ4n) is 1.14. The molecule has 0 saturated carbocycles. The topological polar surface area (TPSA) is 22.1 Å². The van der Waals surface area contributed by atoms with Gasteiger partial charge >= 0.3 is 126 Å². The Balaban J connectivity index is 0.00000361. The minimum atomic E-state index is -4.35. The Bertz CT molecular complexity index is 460. The molecular formula is C11H17ClF3NOSSiZn. The van der Waals surface area contributed by atoms with E-state index in [9.17, 15) is 13.2 Å². The molecule has 112 valence electrons. The first-order valence-electron chi connectivity index (χ1n) is 5.87. The third-order valence-corrected chi connectivity index (χ3v) is 10.3. The Labute approximate surface area is 138 Å². The Kier molecular flexibility index (Phi) is 6.90. The van der Waals surface area contributed by atoms with E-state index in [0.717, 1.165) is 11.3 Å². The van der Waals surface area contributed by atoms with Gasteiger partial charge in [0.2, 0.25) is 0 Å². The normalized spacial score (nSPS) is 13.3. The zero-order valence-corrected chi connectivity index (χ0v) is 17.7. The van der Waals surface area contributed by atoms with E-state index in [-0.39, 0.29) is 24.1 Å². The van der Waals surface area contributed by atoms with Crippen molar-refractivity contribution in [3.05, 3.63) is 10.7 Å². The maximum absolute atomic E-state index is 12.7. The number of nitrogens with zero attached hydrogens (tertiary/aromatic N) is 1. The van der Waals surface area contributed by atoms with Crippen molar-refractivity contribution in [1.82, 2.24) is 4.98 Å². The second-order valence-corrected chi connectivity index (χ2v) is 14.5. The molecule has 20 heavy (non-hydrogen) atoms. The van der Waals surface area contributed by atoms with Crippen LogP contribution in [0.5, 0.6) is 0 Å². The zero-order valence-electron chi connectivity index (χ0n) is 12.2. The van der Waals surface area contributed by atoms with Crippen LogP contribution in [0.25, 0.3) is 0 Å². The molecule has 0 atom stereocenters. The Morgan fingerprint density at radius 1 is 1.25 bits per heavy atom. The van der Waals surface area contributed by atoms with Crippen molar-refractivity contribution < 1.29 is 48.3 Å². The van der Waals surface area contributed by atoms with Gasteiger partial charge < -0.3 is 12.4 Å². The smallest absolute Gasteiger partial charge is 1.00 e. The van der Waals surface area contributed by atoms with Crippen LogP contribution in [0, 0.1) is 0 Å². The molecule has 0 aromatic carbocycles. The molecule has 0 radical (unpaired) electrons. The minimum absolute atomic E-state index is 0. The molecule has 0 spiro atoms. The summed E-state index contributed by atoms with van der Waals surface area (Å²) in [5.74, 6) is 0. The quantitative estimate of drug-likeness (QED) is 0.707. The van der Waals surface area contributed by atoms with Crippen molar-refractivity contribution in [2.24, 2.45) is 0 Å². The minimum Gasteiger partial charge on any atom is -1.00 e. The molecule has 1 heterocycles. The molecule has 0 aliphatic rings. The molecule has 0 unspecified atom stereocenters. The summed E-state index contributed by atoms with van der Waals surface area (Å²) in [5.41, 5.74) is -0.730. The van der Waals surface area contributed by atoms with Crippen LogP contribution in [0.1, 0.15) is 31.5 Å². The number of alkyl halides is 3. The number of aromatic nitrogens is 1. The van der Waals surface area contributed by atoms with E-state index in [2.05, 4.69) is 38.8 Å². The second kappa shape index (κ2) is 6.73. The van der Waals surface area contributed by atoms with Crippen molar-refractivity contribution in [2.75, 3.05) is 0 Å². The van der Waals surface area contributed by atoms with Gasteiger partial charge in [-0.25, -0.2) is 0 Å². The average molecular weight is 397 g/mol. The third kappa shape index (κ3) is 5.05. The van der Waals surface area contributed by atoms with Gasteiger partial charge in [-0.15, -0.1) is 0 Å². The van der Waals surface area contributed by atoms with E-state index in [1.807, 2.05) is 0 Å². The molecule has 0 fully saturated rings. The average Bonchev–Trinajstić information content (AvgIpc) is 2.54. The maximum atomic E-state index is 12.7. The molecule has 0 N–H and O–H groups in total. The van der Waals surface area contributed by atoms with Crippen molar-refractivity contribution >= 4 is 23.1 Å². The van der Waals surface area contributed by atoms with Gasteiger partial charge in [-0.2, -0.15) is 0 Å². The first-order chi connectivity index (χ1) is 8.34. The van der Waals surface area contributed by atoms with E-state index in [0.29, 0.717) is 26.8 Å². The summed E-state index contributed by atoms with van der Waals surface area (Å²) in [6.45, 7) is 10.6. The third-order valence-electron chi connectivity index (χ3n) is 3.37. The van der Waals surface area contributed by atoms with Gasteiger partial charge in [0.05, 0.1) is 0 Å². The van der Waals surface area contributed by atoms with E-state index in [1.54, 1.807) is 0 Å². The molecule has 2 nitrogen and oxygen atoms in total. The van der Waals surface area contributed by atoms with Crippen molar-refractivity contribution in [3.8, 4) is 0 Å². The van der Waals surface area contributed by atoms with Crippen LogP contribution in [0.15, 0.2) is 0 Å². The summed E-state index contributed by atoms with van der Waals surface area (Å²) in [4.78, 5) is 3.69. The van der Waals surface area contributed by atoms with Crippen molar-refractivity contribution in [3.63, 3.8) is 0 Å². The van der Waals surface area contributed by atoms with Gasteiger partial charge in [-0.3, -0.25) is 0 Å². The fraction of sp³-hybridized carbons (Fsp3) is 0.727. The van der Waals surface area contributed by atoms with Gasteiger partial charge in [-0.1, -0.05) is 0 Å². The summed E-state index contributed by atoms with van der Waals surface area (Å²) < 4.78 is 44.2. The van der Waals surface area contributed by atoms with Crippen LogP contribution in [-0.2, 0) is 35.5 Å². The van der Waals surface area contributed by atoms with Crippen LogP contribution in [0.2, 0.25) is 18.1 Å². The molecule has 1 rings (SSSR count). The fourth-order valence-corrected chi connectivity index (χ4v) is 4.61. The summed E-state index contributed by atoms with van der Waals surface area (Å²) >= 11 is 1.58. The van der Waals surface area contributed by atoms with Crippen LogP contribution in [0.4, 0.5) is 13.2 Å². The summed E-state index contributed by atoms with van der Waals surface area (Å²) in [5, 5.41) is 0.471. The van der Waals surface area contributed by atoms with Crippen LogP contribution >= 0.6 is 11.3 Å². The van der Waals surface area contributed by atoms with Crippen molar-refractivity contribution in [1.29, 1.82) is 0 Å². The Morgan fingerprint density at radius 3 is 2.10 bits per heavy atom. The number of hydrogen-bond acceptors (Lipinski definition) is 3. The van der Waals surface area contributed by atoms with E-state index in [1.165, 1.54) is 0 Å². The van der Waals surface area contributed by atoms with Crippen molar-refractivity contribution in [2.45, 2.75) is 51.7 Å². The van der Waals surface area contributed by atoms with Crippen LogP contribution in [-0.4, -0.2) is 13.3 Å². The Morgan fingerprint density at radius 2 is 1.75 bits per heavy atom. The first kappa shape index (κ1) is 20.5. The second-order valence-electron chi connectivity index (χ2n) is 5.93. The number of hydrogen-bond donors (Lipinski definition) is 0. The largest absolute Gasteiger partial charge is 1.00 e. The maximum Gasteiger partial charge on any atom is -1.00 e. The van der Waals surface area contributed by atoms with E-state index < -0.39 is 20.2 Å². The molecule has 1 aromatic rings. The zero-order chi connectivity index (χ0) is 15.1. The molecule has 0 amide bonds. The first-order valence-corrected chi connectivity index (χ1v) is 11.1. The predicted octanol–water partition coefficient (Wildman–Crippen LogP) is 0.860. The van der Waals surface area contributed by atoms with Gasteiger partial charge in [-0.05, 0) is 0 Å². The summed E-state index contributed by atoms with van der Waals surface area (Å²) in [7, 11) is -1.95. The summed E-state index contributed by atoms with van der Waals surface area (Å²) in [6.07, 6.45) is -4.35. The predicted molar refractivity (Wildman–Crippen MR) is 68.7 cm³/mol. The molecule has 0 aliphatic heterocycles. The molecule has 9 heteroatoms. The molecule has 0 aliphatic carbocycles. The van der Waals surface area contributed by atoms with Gasteiger partial charge in [0.1, 0.15) is 0 Å².